The van der Waals surface area contributed by atoms with Crippen LogP contribution in [0, 0.1) is 10.8 Å². The highest BCUT2D eigenvalue weighted by atomic mass is 16.5. The quantitative estimate of drug-likeness (QED) is 0.204. The molecule has 44 heavy (non-hydrogen) atoms. The van der Waals surface area contributed by atoms with Crippen molar-refractivity contribution in [1.82, 2.24) is 4.98 Å². The van der Waals surface area contributed by atoms with E-state index in [1.165, 1.54) is 22.3 Å². The van der Waals surface area contributed by atoms with Crippen LogP contribution in [-0.4, -0.2) is 16.4 Å². The maximum atomic E-state index is 8.75. The van der Waals surface area contributed by atoms with Gasteiger partial charge in [0.1, 0.15) is 11.5 Å². The van der Waals surface area contributed by atoms with Gasteiger partial charge in [-0.15, -0.1) is 0 Å². The minimum atomic E-state index is -0.543. The molecule has 0 saturated heterocycles. The number of nitrogens with zero attached hydrogens (tertiary/aromatic N) is 1. The molecule has 2 N–H and O–H groups in total. The summed E-state index contributed by atoms with van der Waals surface area (Å²) in [6.07, 6.45) is 3.28. The fraction of sp³-hybridized carbons (Fsp3) is 0.0250. The van der Waals surface area contributed by atoms with E-state index in [4.69, 9.17) is 20.5 Å². The first-order valence-electron chi connectivity index (χ1n) is 14.6. The number of hydrogen-bond acceptors (Lipinski definition) is 4. The third-order valence-corrected chi connectivity index (χ3v) is 8.68. The number of benzene rings is 5. The van der Waals surface area contributed by atoms with Crippen molar-refractivity contribution < 1.29 is 4.74 Å². The van der Waals surface area contributed by atoms with E-state index in [1.807, 2.05) is 66.7 Å². The monoisotopic (exact) mass is 565 g/mol. The van der Waals surface area contributed by atoms with Crippen LogP contribution in [0.2, 0.25) is 0 Å². The summed E-state index contributed by atoms with van der Waals surface area (Å²) in [5.74, 6) is 1.60. The lowest BCUT2D eigenvalue weighted by molar-refractivity contribution is 0.438. The van der Waals surface area contributed by atoms with Gasteiger partial charge in [0.05, 0.1) is 28.2 Å². The summed E-state index contributed by atoms with van der Waals surface area (Å²) in [4.78, 5) is 4.94. The van der Waals surface area contributed by atoms with E-state index in [0.717, 1.165) is 39.4 Å². The molecule has 2 aliphatic rings. The Morgan fingerprint density at radius 2 is 1.09 bits per heavy atom. The van der Waals surface area contributed by atoms with Gasteiger partial charge in [-0.1, -0.05) is 115 Å². The van der Waals surface area contributed by atoms with Gasteiger partial charge in [0.15, 0.2) is 0 Å². The number of allylic oxidation sites excluding steroid dienone is 2. The van der Waals surface area contributed by atoms with Crippen molar-refractivity contribution in [3.05, 3.63) is 185 Å². The van der Waals surface area contributed by atoms with Crippen molar-refractivity contribution in [3.8, 4) is 33.9 Å². The van der Waals surface area contributed by atoms with Crippen LogP contribution >= 0.6 is 0 Å². The first-order chi connectivity index (χ1) is 21.7. The highest BCUT2D eigenvalue weighted by molar-refractivity contribution is 6.13. The topological polar surface area (TPSA) is 69.8 Å². The SMILES string of the molecule is N=C(/C=C\C(=N)c1cccc(-c2cccc3c2Oc2ccccc2C32c3ccccc3-c3ccccc32)n1)c1ccccc1. The Morgan fingerprint density at radius 3 is 1.84 bits per heavy atom. The van der Waals surface area contributed by atoms with Gasteiger partial charge in [-0.3, -0.25) is 5.41 Å². The minimum absolute atomic E-state index is 0.235. The molecule has 4 heteroatoms. The van der Waals surface area contributed by atoms with Crippen molar-refractivity contribution in [1.29, 1.82) is 10.8 Å². The minimum Gasteiger partial charge on any atom is -0.456 e. The first-order valence-corrected chi connectivity index (χ1v) is 14.6. The second-order valence-electron chi connectivity index (χ2n) is 11.1. The number of pyridine rings is 1. The van der Waals surface area contributed by atoms with Crippen LogP contribution in [0.5, 0.6) is 11.5 Å². The Kier molecular flexibility index (Phi) is 5.95. The molecule has 208 valence electrons. The van der Waals surface area contributed by atoms with E-state index in [-0.39, 0.29) is 5.71 Å². The van der Waals surface area contributed by atoms with Crippen molar-refractivity contribution in [2.24, 2.45) is 0 Å². The van der Waals surface area contributed by atoms with Gasteiger partial charge in [0.25, 0.3) is 0 Å². The second-order valence-corrected chi connectivity index (χ2v) is 11.1. The maximum absolute atomic E-state index is 8.75. The van der Waals surface area contributed by atoms with Crippen LogP contribution in [0.25, 0.3) is 22.4 Å². The Labute approximate surface area is 256 Å². The van der Waals surface area contributed by atoms with Gasteiger partial charge in [0.2, 0.25) is 0 Å². The van der Waals surface area contributed by atoms with Crippen LogP contribution < -0.4 is 4.74 Å². The Bertz CT molecular complexity index is 2100. The standard InChI is InChI=1S/C40H27N3O/c41-34(26-12-2-1-3-13-26)24-25-35(42)37-22-11-21-36(43-37)29-16-10-20-33-39(29)44-38-23-9-8-19-32(38)40(33)30-17-6-4-14-27(30)28-15-5-7-18-31(28)40/h1-25,41-42H/b25-24-,41-34?,42-35?. The van der Waals surface area contributed by atoms with Gasteiger partial charge >= 0.3 is 0 Å². The molecular formula is C40H27N3O. The summed E-state index contributed by atoms with van der Waals surface area (Å²) in [5, 5.41) is 17.1. The lowest BCUT2D eigenvalue weighted by atomic mass is 9.65. The van der Waals surface area contributed by atoms with E-state index in [9.17, 15) is 0 Å². The average molecular weight is 566 g/mol. The number of aromatic nitrogens is 1. The van der Waals surface area contributed by atoms with Crippen LogP contribution in [0.4, 0.5) is 0 Å². The van der Waals surface area contributed by atoms with Crippen LogP contribution in [0.1, 0.15) is 33.5 Å². The summed E-state index contributed by atoms with van der Waals surface area (Å²) < 4.78 is 6.77. The number of fused-ring (bicyclic) bond motifs is 9. The molecule has 6 aromatic rings. The third-order valence-electron chi connectivity index (χ3n) is 8.68. The third kappa shape index (κ3) is 3.81. The molecule has 0 unspecified atom stereocenters. The number of nitrogens with one attached hydrogen (secondary N) is 2. The number of hydrogen-bond donors (Lipinski definition) is 2. The van der Waals surface area contributed by atoms with Crippen LogP contribution in [0.3, 0.4) is 0 Å². The molecule has 4 nitrogen and oxygen atoms in total. The predicted molar refractivity (Wildman–Crippen MR) is 176 cm³/mol. The summed E-state index contributed by atoms with van der Waals surface area (Å²) >= 11 is 0. The van der Waals surface area contributed by atoms with Gasteiger partial charge in [-0.2, -0.15) is 0 Å². The first kappa shape index (κ1) is 25.8. The van der Waals surface area contributed by atoms with E-state index in [1.54, 1.807) is 12.2 Å². The molecule has 0 saturated carbocycles. The van der Waals surface area contributed by atoms with Crippen molar-refractivity contribution >= 4 is 11.4 Å². The summed E-state index contributed by atoms with van der Waals surface area (Å²) in [5.41, 5.74) is 10.1. The molecule has 1 aliphatic heterocycles. The van der Waals surface area contributed by atoms with E-state index >= 15 is 0 Å². The highest BCUT2D eigenvalue weighted by Gasteiger charge is 2.51. The van der Waals surface area contributed by atoms with Crippen molar-refractivity contribution in [2.45, 2.75) is 5.41 Å². The van der Waals surface area contributed by atoms with Crippen LogP contribution in [-0.2, 0) is 5.41 Å². The molecule has 1 aliphatic carbocycles. The largest absolute Gasteiger partial charge is 0.456 e. The Morgan fingerprint density at radius 1 is 0.523 bits per heavy atom. The molecule has 1 aromatic heterocycles. The van der Waals surface area contributed by atoms with Crippen LogP contribution in [0.15, 0.2) is 152 Å². The molecule has 1 spiro atoms. The number of rotatable bonds is 5. The Balaban J connectivity index is 1.27. The van der Waals surface area contributed by atoms with Gasteiger partial charge in [0, 0.05) is 16.7 Å². The second kappa shape index (κ2) is 10.1. The molecule has 0 radical (unpaired) electrons. The number of ether oxygens (including phenoxy) is 1. The molecule has 2 heterocycles. The lowest BCUT2D eigenvalue weighted by Gasteiger charge is -2.40. The zero-order chi connectivity index (χ0) is 29.7. The summed E-state index contributed by atoms with van der Waals surface area (Å²) in [7, 11) is 0. The van der Waals surface area contributed by atoms with Gasteiger partial charge < -0.3 is 10.1 Å². The Hall–Kier alpha value is -5.87. The van der Waals surface area contributed by atoms with Gasteiger partial charge in [-0.25, -0.2) is 4.98 Å². The van der Waals surface area contributed by atoms with Crippen molar-refractivity contribution in [2.75, 3.05) is 0 Å². The average Bonchev–Trinajstić information content (AvgIpc) is 3.38. The predicted octanol–water partition coefficient (Wildman–Crippen LogP) is 9.21. The molecular weight excluding hydrogens is 538 g/mol. The van der Waals surface area contributed by atoms with E-state index in [0.29, 0.717) is 11.4 Å². The lowest BCUT2D eigenvalue weighted by Crippen LogP contribution is -2.32. The summed E-state index contributed by atoms with van der Waals surface area (Å²) in [6.45, 7) is 0. The zero-order valence-electron chi connectivity index (χ0n) is 23.8. The van der Waals surface area contributed by atoms with Crippen molar-refractivity contribution in [3.63, 3.8) is 0 Å². The molecule has 0 fully saturated rings. The molecule has 5 aromatic carbocycles. The van der Waals surface area contributed by atoms with E-state index < -0.39 is 5.41 Å². The zero-order valence-corrected chi connectivity index (χ0v) is 23.8. The normalized spacial score (nSPS) is 13.5. The number of para-hydroxylation sites is 2. The molecule has 0 amide bonds. The molecule has 0 bridgehead atoms. The van der Waals surface area contributed by atoms with E-state index in [2.05, 4.69) is 72.8 Å². The molecule has 0 atom stereocenters. The highest BCUT2D eigenvalue weighted by Crippen LogP contribution is 2.62. The maximum Gasteiger partial charge on any atom is 0.141 e. The fourth-order valence-electron chi connectivity index (χ4n) is 6.78. The van der Waals surface area contributed by atoms with Gasteiger partial charge in [-0.05, 0) is 64.2 Å². The fourth-order valence-corrected chi connectivity index (χ4v) is 6.78. The smallest absolute Gasteiger partial charge is 0.141 e. The molecule has 8 rings (SSSR count). The summed E-state index contributed by atoms with van der Waals surface area (Å²) in [6, 6.07) is 47.3.